The fraction of sp³-hybridized carbons (Fsp3) is 0.381. The monoisotopic (exact) mass is 383 g/mol. The van der Waals surface area contributed by atoms with Crippen LogP contribution in [0.3, 0.4) is 0 Å². The minimum atomic E-state index is -0.664. The summed E-state index contributed by atoms with van der Waals surface area (Å²) in [7, 11) is 0. The van der Waals surface area contributed by atoms with Crippen molar-refractivity contribution in [2.24, 2.45) is 0 Å². The SMILES string of the molecule is CC(C)(C)c1ccccc1NC(=O)C(=O)N1CCN(C(=O)c2ccco2)CC1. The summed E-state index contributed by atoms with van der Waals surface area (Å²) in [6.07, 6.45) is 1.45. The van der Waals surface area contributed by atoms with Crippen LogP contribution in [0.2, 0.25) is 0 Å². The minimum Gasteiger partial charge on any atom is -0.459 e. The molecule has 148 valence electrons. The van der Waals surface area contributed by atoms with Crippen LogP contribution >= 0.6 is 0 Å². The lowest BCUT2D eigenvalue weighted by atomic mass is 9.86. The summed E-state index contributed by atoms with van der Waals surface area (Å²) in [4.78, 5) is 40.4. The summed E-state index contributed by atoms with van der Waals surface area (Å²) in [5, 5.41) is 2.74. The Morgan fingerprint density at radius 2 is 1.57 bits per heavy atom. The van der Waals surface area contributed by atoms with E-state index in [9.17, 15) is 14.4 Å². The second kappa shape index (κ2) is 7.88. The first kappa shape index (κ1) is 19.7. The third kappa shape index (κ3) is 4.24. The van der Waals surface area contributed by atoms with E-state index in [0.717, 1.165) is 5.56 Å². The number of carbonyl (C=O) groups excluding carboxylic acids is 3. The summed E-state index contributed by atoms with van der Waals surface area (Å²) in [6, 6.07) is 10.7. The highest BCUT2D eigenvalue weighted by Crippen LogP contribution is 2.29. The van der Waals surface area contributed by atoms with Crippen LogP contribution in [-0.2, 0) is 15.0 Å². The van der Waals surface area contributed by atoms with Gasteiger partial charge in [0, 0.05) is 31.9 Å². The van der Waals surface area contributed by atoms with E-state index in [1.165, 1.54) is 11.2 Å². The van der Waals surface area contributed by atoms with Crippen molar-refractivity contribution in [2.75, 3.05) is 31.5 Å². The molecule has 2 heterocycles. The van der Waals surface area contributed by atoms with E-state index in [1.54, 1.807) is 23.1 Å². The van der Waals surface area contributed by atoms with E-state index in [1.807, 2.05) is 18.2 Å². The molecule has 28 heavy (non-hydrogen) atoms. The van der Waals surface area contributed by atoms with E-state index in [2.05, 4.69) is 26.1 Å². The van der Waals surface area contributed by atoms with Gasteiger partial charge in [-0.15, -0.1) is 0 Å². The predicted octanol–water partition coefficient (Wildman–Crippen LogP) is 2.50. The molecular weight excluding hydrogens is 358 g/mol. The molecular formula is C21H25N3O4. The zero-order valence-corrected chi connectivity index (χ0v) is 16.4. The van der Waals surface area contributed by atoms with Crippen molar-refractivity contribution < 1.29 is 18.8 Å². The summed E-state index contributed by atoms with van der Waals surface area (Å²) in [6.45, 7) is 7.48. The molecule has 1 N–H and O–H groups in total. The summed E-state index contributed by atoms with van der Waals surface area (Å²) >= 11 is 0. The van der Waals surface area contributed by atoms with Crippen LogP contribution in [0.15, 0.2) is 47.1 Å². The first-order valence-electron chi connectivity index (χ1n) is 9.30. The Hall–Kier alpha value is -3.09. The maximum atomic E-state index is 12.6. The van der Waals surface area contributed by atoms with Gasteiger partial charge in [0.2, 0.25) is 0 Å². The van der Waals surface area contributed by atoms with Crippen molar-refractivity contribution >= 4 is 23.4 Å². The summed E-state index contributed by atoms with van der Waals surface area (Å²) in [5.41, 5.74) is 1.44. The van der Waals surface area contributed by atoms with E-state index in [0.29, 0.717) is 31.9 Å². The van der Waals surface area contributed by atoms with Gasteiger partial charge in [0.25, 0.3) is 5.91 Å². The number of nitrogens with one attached hydrogen (secondary N) is 1. The van der Waals surface area contributed by atoms with Crippen LogP contribution < -0.4 is 5.32 Å². The Morgan fingerprint density at radius 1 is 0.929 bits per heavy atom. The highest BCUT2D eigenvalue weighted by atomic mass is 16.3. The number of carbonyl (C=O) groups is 3. The molecule has 7 heteroatoms. The molecule has 7 nitrogen and oxygen atoms in total. The van der Waals surface area contributed by atoms with Gasteiger partial charge in [-0.05, 0) is 29.2 Å². The van der Waals surface area contributed by atoms with E-state index in [4.69, 9.17) is 4.42 Å². The number of amides is 3. The molecule has 0 unspecified atom stereocenters. The average Bonchev–Trinajstić information content (AvgIpc) is 3.21. The molecule has 1 fully saturated rings. The zero-order valence-electron chi connectivity index (χ0n) is 16.4. The van der Waals surface area contributed by atoms with Crippen LogP contribution in [0.5, 0.6) is 0 Å². The van der Waals surface area contributed by atoms with Gasteiger partial charge in [0.15, 0.2) is 5.76 Å². The van der Waals surface area contributed by atoms with Crippen molar-refractivity contribution in [3.05, 3.63) is 54.0 Å². The predicted molar refractivity (Wildman–Crippen MR) is 105 cm³/mol. The lowest BCUT2D eigenvalue weighted by molar-refractivity contribution is -0.144. The van der Waals surface area contributed by atoms with Crippen molar-refractivity contribution in [3.63, 3.8) is 0 Å². The van der Waals surface area contributed by atoms with Crippen LogP contribution in [0.1, 0.15) is 36.9 Å². The molecule has 0 bridgehead atoms. The Bertz CT molecular complexity index is 860. The first-order chi connectivity index (χ1) is 13.3. The zero-order chi connectivity index (χ0) is 20.3. The number of hydrogen-bond acceptors (Lipinski definition) is 4. The molecule has 0 aliphatic carbocycles. The molecule has 1 saturated heterocycles. The van der Waals surface area contributed by atoms with E-state index in [-0.39, 0.29) is 17.1 Å². The van der Waals surface area contributed by atoms with Gasteiger partial charge < -0.3 is 19.5 Å². The fourth-order valence-electron chi connectivity index (χ4n) is 3.23. The van der Waals surface area contributed by atoms with E-state index < -0.39 is 11.8 Å². The molecule has 0 atom stereocenters. The number of furan rings is 1. The van der Waals surface area contributed by atoms with Gasteiger partial charge in [0.05, 0.1) is 6.26 Å². The summed E-state index contributed by atoms with van der Waals surface area (Å²) in [5.74, 6) is -1.19. The summed E-state index contributed by atoms with van der Waals surface area (Å²) < 4.78 is 5.13. The first-order valence-corrected chi connectivity index (χ1v) is 9.30. The topological polar surface area (TPSA) is 82.9 Å². The third-order valence-electron chi connectivity index (χ3n) is 4.76. The second-order valence-electron chi connectivity index (χ2n) is 7.81. The molecule has 1 aliphatic rings. The number of anilines is 1. The lowest BCUT2D eigenvalue weighted by Crippen LogP contribution is -2.53. The normalized spacial score (nSPS) is 14.7. The number of hydrogen-bond donors (Lipinski definition) is 1. The molecule has 0 saturated carbocycles. The fourth-order valence-corrected chi connectivity index (χ4v) is 3.23. The average molecular weight is 383 g/mol. The number of benzene rings is 1. The molecule has 0 radical (unpaired) electrons. The Morgan fingerprint density at radius 3 is 2.18 bits per heavy atom. The van der Waals surface area contributed by atoms with Gasteiger partial charge in [-0.25, -0.2) is 0 Å². The molecule has 1 aliphatic heterocycles. The number of nitrogens with zero attached hydrogens (tertiary/aromatic N) is 2. The lowest BCUT2D eigenvalue weighted by Gasteiger charge is -2.34. The molecule has 2 aromatic rings. The number of piperazine rings is 1. The van der Waals surface area contributed by atoms with Crippen LogP contribution in [-0.4, -0.2) is 53.7 Å². The standard InChI is InChI=1S/C21H25N3O4/c1-21(2,3)15-7-4-5-8-16(15)22-18(25)20(27)24-12-10-23(11-13-24)19(26)17-9-6-14-28-17/h4-9,14H,10-13H2,1-3H3,(H,22,25). The van der Waals surface area contributed by atoms with Crippen molar-refractivity contribution in [1.82, 2.24) is 9.80 Å². The van der Waals surface area contributed by atoms with Crippen molar-refractivity contribution in [2.45, 2.75) is 26.2 Å². The van der Waals surface area contributed by atoms with Gasteiger partial charge in [-0.3, -0.25) is 14.4 Å². The number of para-hydroxylation sites is 1. The Balaban J connectivity index is 1.60. The van der Waals surface area contributed by atoms with Crippen LogP contribution in [0, 0.1) is 0 Å². The van der Waals surface area contributed by atoms with Gasteiger partial charge in [-0.2, -0.15) is 0 Å². The van der Waals surface area contributed by atoms with Gasteiger partial charge in [0.1, 0.15) is 0 Å². The smallest absolute Gasteiger partial charge is 0.313 e. The number of rotatable bonds is 2. The largest absolute Gasteiger partial charge is 0.459 e. The minimum absolute atomic E-state index is 0.162. The quantitative estimate of drug-likeness (QED) is 0.808. The van der Waals surface area contributed by atoms with Crippen molar-refractivity contribution in [3.8, 4) is 0 Å². The molecule has 1 aromatic heterocycles. The van der Waals surface area contributed by atoms with Crippen molar-refractivity contribution in [1.29, 1.82) is 0 Å². The van der Waals surface area contributed by atoms with Crippen LogP contribution in [0.4, 0.5) is 5.69 Å². The molecule has 1 aromatic carbocycles. The van der Waals surface area contributed by atoms with Gasteiger partial charge in [-0.1, -0.05) is 39.0 Å². The molecule has 3 amide bonds. The highest BCUT2D eigenvalue weighted by Gasteiger charge is 2.29. The molecule has 0 spiro atoms. The Labute approximate surface area is 164 Å². The maximum Gasteiger partial charge on any atom is 0.313 e. The van der Waals surface area contributed by atoms with Gasteiger partial charge >= 0.3 is 11.8 Å². The van der Waals surface area contributed by atoms with E-state index >= 15 is 0 Å². The maximum absolute atomic E-state index is 12.6. The molecule has 3 rings (SSSR count). The third-order valence-corrected chi connectivity index (χ3v) is 4.76. The Kier molecular flexibility index (Phi) is 5.53. The van der Waals surface area contributed by atoms with Crippen LogP contribution in [0.25, 0.3) is 0 Å². The second-order valence-corrected chi connectivity index (χ2v) is 7.81. The highest BCUT2D eigenvalue weighted by molar-refractivity contribution is 6.39.